The summed E-state index contributed by atoms with van der Waals surface area (Å²) in [5, 5.41) is 14.6. The predicted molar refractivity (Wildman–Crippen MR) is 58.4 cm³/mol. The van der Waals surface area contributed by atoms with E-state index in [1.807, 2.05) is 14.0 Å². The number of methoxy groups -OCH3 is 1. The van der Waals surface area contributed by atoms with E-state index >= 15 is 0 Å². The molecule has 0 amide bonds. The highest BCUT2D eigenvalue weighted by Crippen LogP contribution is 2.35. The fourth-order valence-electron chi connectivity index (χ4n) is 2.27. The van der Waals surface area contributed by atoms with Crippen molar-refractivity contribution in [3.05, 3.63) is 11.3 Å². The van der Waals surface area contributed by atoms with Gasteiger partial charge in [-0.15, -0.1) is 0 Å². The van der Waals surface area contributed by atoms with Crippen LogP contribution >= 0.6 is 0 Å². The van der Waals surface area contributed by atoms with Crippen molar-refractivity contribution in [2.24, 2.45) is 13.0 Å². The minimum absolute atomic E-state index is 0.150. The van der Waals surface area contributed by atoms with Gasteiger partial charge in [0.05, 0.1) is 31.1 Å². The first kappa shape index (κ1) is 11.4. The Kier molecular flexibility index (Phi) is 3.16. The highest BCUT2D eigenvalue weighted by molar-refractivity contribution is 5.33. The van der Waals surface area contributed by atoms with Crippen LogP contribution in [0.25, 0.3) is 0 Å². The summed E-state index contributed by atoms with van der Waals surface area (Å²) in [7, 11) is 3.41. The number of aliphatic hydroxyl groups excluding tert-OH is 1. The lowest BCUT2D eigenvalue weighted by atomic mass is 9.95. The van der Waals surface area contributed by atoms with Gasteiger partial charge in [0.15, 0.2) is 0 Å². The van der Waals surface area contributed by atoms with Crippen molar-refractivity contribution >= 4 is 0 Å². The molecule has 0 aromatic carbocycles. The summed E-state index contributed by atoms with van der Waals surface area (Å²) in [6.07, 6.45) is 0.338. The van der Waals surface area contributed by atoms with E-state index in [1.54, 1.807) is 11.8 Å². The molecule has 2 rings (SSSR count). The zero-order valence-electron chi connectivity index (χ0n) is 9.93. The van der Waals surface area contributed by atoms with E-state index in [4.69, 9.17) is 9.47 Å². The standard InChI is InChI=1S/C11H18N2O3/c1-7-9(11(15-3)13(2)12-7)10(14)8-4-5-16-6-8/h8,10,14H,4-6H2,1-3H3. The average Bonchev–Trinajstić information content (AvgIpc) is 2.84. The Balaban J connectivity index is 2.30. The molecule has 0 saturated carbocycles. The van der Waals surface area contributed by atoms with Crippen LogP contribution in [0.4, 0.5) is 0 Å². The van der Waals surface area contributed by atoms with Gasteiger partial charge >= 0.3 is 0 Å². The molecule has 1 N–H and O–H groups in total. The minimum Gasteiger partial charge on any atom is -0.481 e. The molecule has 90 valence electrons. The van der Waals surface area contributed by atoms with Crippen LogP contribution in [0.3, 0.4) is 0 Å². The van der Waals surface area contributed by atoms with Crippen LogP contribution in [0.15, 0.2) is 0 Å². The van der Waals surface area contributed by atoms with E-state index in [2.05, 4.69) is 5.10 Å². The van der Waals surface area contributed by atoms with Crippen LogP contribution in [-0.4, -0.2) is 35.2 Å². The number of aliphatic hydroxyl groups is 1. The smallest absolute Gasteiger partial charge is 0.217 e. The van der Waals surface area contributed by atoms with Crippen LogP contribution in [-0.2, 0) is 11.8 Å². The molecule has 0 aliphatic carbocycles. The Hall–Kier alpha value is -1.07. The van der Waals surface area contributed by atoms with Gasteiger partial charge in [0.2, 0.25) is 5.88 Å². The van der Waals surface area contributed by atoms with Crippen LogP contribution in [0.2, 0.25) is 0 Å². The lowest BCUT2D eigenvalue weighted by Crippen LogP contribution is -2.14. The van der Waals surface area contributed by atoms with Crippen LogP contribution in [0, 0.1) is 12.8 Å². The molecule has 5 heteroatoms. The van der Waals surface area contributed by atoms with Gasteiger partial charge in [0.1, 0.15) is 0 Å². The molecule has 1 aliphatic rings. The van der Waals surface area contributed by atoms with Gasteiger partial charge in [-0.2, -0.15) is 5.10 Å². The first-order valence-corrected chi connectivity index (χ1v) is 5.48. The van der Waals surface area contributed by atoms with Gasteiger partial charge in [-0.05, 0) is 13.3 Å². The summed E-state index contributed by atoms with van der Waals surface area (Å²) in [6, 6.07) is 0. The summed E-state index contributed by atoms with van der Waals surface area (Å²) < 4.78 is 12.2. The van der Waals surface area contributed by atoms with E-state index in [0.29, 0.717) is 12.5 Å². The second-order valence-electron chi connectivity index (χ2n) is 4.20. The van der Waals surface area contributed by atoms with Gasteiger partial charge in [-0.25, -0.2) is 4.68 Å². The molecular formula is C11H18N2O3. The third kappa shape index (κ3) is 1.81. The largest absolute Gasteiger partial charge is 0.481 e. The Labute approximate surface area is 95.0 Å². The Morgan fingerprint density at radius 3 is 2.94 bits per heavy atom. The second kappa shape index (κ2) is 4.43. The van der Waals surface area contributed by atoms with Gasteiger partial charge in [-0.3, -0.25) is 0 Å². The fourth-order valence-corrected chi connectivity index (χ4v) is 2.27. The molecule has 2 atom stereocenters. The molecule has 0 bridgehead atoms. The van der Waals surface area contributed by atoms with E-state index in [1.165, 1.54) is 0 Å². The lowest BCUT2D eigenvalue weighted by Gasteiger charge is -2.17. The lowest BCUT2D eigenvalue weighted by molar-refractivity contribution is 0.0889. The van der Waals surface area contributed by atoms with E-state index in [9.17, 15) is 5.11 Å². The average molecular weight is 226 g/mol. The van der Waals surface area contributed by atoms with Crippen LogP contribution in [0.1, 0.15) is 23.8 Å². The third-order valence-corrected chi connectivity index (χ3v) is 3.11. The minimum atomic E-state index is -0.550. The maximum atomic E-state index is 10.3. The van der Waals surface area contributed by atoms with Crippen molar-refractivity contribution in [2.75, 3.05) is 20.3 Å². The van der Waals surface area contributed by atoms with Crippen LogP contribution < -0.4 is 4.74 Å². The van der Waals surface area contributed by atoms with Crippen molar-refractivity contribution in [1.82, 2.24) is 9.78 Å². The number of hydrogen-bond donors (Lipinski definition) is 1. The summed E-state index contributed by atoms with van der Waals surface area (Å²) in [5.41, 5.74) is 1.61. The molecule has 2 heterocycles. The highest BCUT2D eigenvalue weighted by atomic mass is 16.5. The molecule has 1 fully saturated rings. The molecular weight excluding hydrogens is 208 g/mol. The van der Waals surface area contributed by atoms with E-state index < -0.39 is 6.10 Å². The van der Waals surface area contributed by atoms with E-state index in [0.717, 1.165) is 24.3 Å². The maximum Gasteiger partial charge on any atom is 0.217 e. The molecule has 5 nitrogen and oxygen atoms in total. The maximum absolute atomic E-state index is 10.3. The summed E-state index contributed by atoms with van der Waals surface area (Å²) >= 11 is 0. The number of aryl methyl sites for hydroxylation is 2. The monoisotopic (exact) mass is 226 g/mol. The first-order valence-electron chi connectivity index (χ1n) is 5.48. The van der Waals surface area contributed by atoms with Crippen LogP contribution in [0.5, 0.6) is 5.88 Å². The third-order valence-electron chi connectivity index (χ3n) is 3.11. The quantitative estimate of drug-likeness (QED) is 0.828. The summed E-state index contributed by atoms with van der Waals surface area (Å²) in [5.74, 6) is 0.786. The number of ether oxygens (including phenoxy) is 2. The van der Waals surface area contributed by atoms with E-state index in [-0.39, 0.29) is 5.92 Å². The second-order valence-corrected chi connectivity index (χ2v) is 4.20. The molecule has 0 spiro atoms. The van der Waals surface area contributed by atoms with Crippen molar-refractivity contribution in [1.29, 1.82) is 0 Å². The SMILES string of the molecule is COc1c(C(O)C2CCOC2)c(C)nn1C. The molecule has 1 aromatic heterocycles. The summed E-state index contributed by atoms with van der Waals surface area (Å²) in [4.78, 5) is 0. The predicted octanol–water partition coefficient (Wildman–Crippen LogP) is 0.807. The van der Waals surface area contributed by atoms with Gasteiger partial charge in [0, 0.05) is 19.6 Å². The molecule has 1 aliphatic heterocycles. The summed E-state index contributed by atoms with van der Waals surface area (Å²) in [6.45, 7) is 3.22. The first-order chi connectivity index (χ1) is 7.65. The molecule has 16 heavy (non-hydrogen) atoms. The number of hydrogen-bond acceptors (Lipinski definition) is 4. The zero-order valence-corrected chi connectivity index (χ0v) is 9.93. The normalized spacial score (nSPS) is 22.4. The number of nitrogens with zero attached hydrogens (tertiary/aromatic N) is 2. The molecule has 0 radical (unpaired) electrons. The molecule has 1 saturated heterocycles. The number of rotatable bonds is 3. The van der Waals surface area contributed by atoms with Gasteiger partial charge in [-0.1, -0.05) is 0 Å². The van der Waals surface area contributed by atoms with Crippen molar-refractivity contribution in [3.8, 4) is 5.88 Å². The van der Waals surface area contributed by atoms with Gasteiger partial charge in [0.25, 0.3) is 0 Å². The molecule has 2 unspecified atom stereocenters. The Morgan fingerprint density at radius 2 is 2.38 bits per heavy atom. The highest BCUT2D eigenvalue weighted by Gasteiger charge is 2.30. The molecule has 1 aromatic rings. The van der Waals surface area contributed by atoms with Crippen molar-refractivity contribution in [2.45, 2.75) is 19.4 Å². The van der Waals surface area contributed by atoms with Crippen molar-refractivity contribution < 1.29 is 14.6 Å². The number of aromatic nitrogens is 2. The van der Waals surface area contributed by atoms with Crippen molar-refractivity contribution in [3.63, 3.8) is 0 Å². The fraction of sp³-hybridized carbons (Fsp3) is 0.727. The Bertz CT molecular complexity index is 370. The topological polar surface area (TPSA) is 56.5 Å². The Morgan fingerprint density at radius 1 is 1.62 bits per heavy atom. The van der Waals surface area contributed by atoms with Gasteiger partial charge < -0.3 is 14.6 Å². The zero-order chi connectivity index (χ0) is 11.7.